The Bertz CT molecular complexity index is 497. The van der Waals surface area contributed by atoms with E-state index >= 15 is 0 Å². The Balaban J connectivity index is 2.60. The van der Waals surface area contributed by atoms with Crippen LogP contribution in [0.25, 0.3) is 11.1 Å². The highest BCUT2D eigenvalue weighted by Gasteiger charge is 2.13. The Hall–Kier alpha value is -1.48. The van der Waals surface area contributed by atoms with E-state index in [9.17, 15) is 13.2 Å². The van der Waals surface area contributed by atoms with Crippen LogP contribution in [0, 0.1) is 23.5 Å². The van der Waals surface area contributed by atoms with Crippen molar-refractivity contribution in [2.75, 3.05) is 0 Å². The number of benzene rings is 2. The van der Waals surface area contributed by atoms with Gasteiger partial charge in [-0.2, -0.15) is 0 Å². The first-order valence-corrected chi connectivity index (χ1v) is 4.78. The third-order valence-electron chi connectivity index (χ3n) is 2.07. The molecule has 0 saturated carbocycles. The predicted molar refractivity (Wildman–Crippen MR) is 55.6 cm³/mol. The molecule has 0 fully saturated rings. The van der Waals surface area contributed by atoms with Crippen LogP contribution in [0.4, 0.5) is 13.2 Å². The summed E-state index contributed by atoms with van der Waals surface area (Å²) in [5.74, 6) is -3.08. The first kappa shape index (κ1) is 11.0. The van der Waals surface area contributed by atoms with Gasteiger partial charge in [-0.3, -0.25) is 0 Å². The molecule has 0 aromatic heterocycles. The van der Waals surface area contributed by atoms with Crippen LogP contribution in [0.5, 0.6) is 0 Å². The lowest BCUT2D eigenvalue weighted by Crippen LogP contribution is -1.92. The van der Waals surface area contributed by atoms with Gasteiger partial charge in [-0.25, -0.2) is 13.2 Å². The van der Waals surface area contributed by atoms with Crippen LogP contribution in [0.1, 0.15) is 0 Å². The van der Waals surface area contributed by atoms with Crippen LogP contribution < -0.4 is 0 Å². The van der Waals surface area contributed by atoms with Gasteiger partial charge in [-0.05, 0) is 17.7 Å². The lowest BCUT2D eigenvalue weighted by Gasteiger charge is -2.05. The number of hydrogen-bond donors (Lipinski definition) is 0. The van der Waals surface area contributed by atoms with Gasteiger partial charge >= 0.3 is 0 Å². The maximum absolute atomic E-state index is 13.4. The molecular formula is C12H5ClF3. The highest BCUT2D eigenvalue weighted by atomic mass is 35.5. The zero-order valence-electron chi connectivity index (χ0n) is 7.90. The van der Waals surface area contributed by atoms with E-state index in [1.807, 2.05) is 0 Å². The van der Waals surface area contributed by atoms with Crippen LogP contribution in [0.2, 0.25) is 5.02 Å². The molecule has 0 bridgehead atoms. The molecule has 0 aliphatic rings. The van der Waals surface area contributed by atoms with Crippen LogP contribution >= 0.6 is 11.6 Å². The van der Waals surface area contributed by atoms with Crippen molar-refractivity contribution in [3.8, 4) is 11.1 Å². The predicted octanol–water partition coefficient (Wildman–Crippen LogP) is 4.22. The summed E-state index contributed by atoms with van der Waals surface area (Å²) >= 11 is 5.65. The molecule has 0 unspecified atom stereocenters. The highest BCUT2D eigenvalue weighted by Crippen LogP contribution is 2.27. The number of rotatable bonds is 1. The summed E-state index contributed by atoms with van der Waals surface area (Å²) in [6, 6.07) is 8.28. The molecule has 1 radical (unpaired) electrons. The van der Waals surface area contributed by atoms with Crippen molar-refractivity contribution >= 4 is 11.6 Å². The van der Waals surface area contributed by atoms with Crippen molar-refractivity contribution < 1.29 is 13.2 Å². The van der Waals surface area contributed by atoms with Gasteiger partial charge in [0.2, 0.25) is 0 Å². The van der Waals surface area contributed by atoms with Gasteiger partial charge in [-0.15, -0.1) is 0 Å². The van der Waals surface area contributed by atoms with E-state index in [-0.39, 0.29) is 11.1 Å². The Morgan fingerprint density at radius 1 is 1.00 bits per heavy atom. The average Bonchev–Trinajstić information content (AvgIpc) is 2.19. The van der Waals surface area contributed by atoms with Gasteiger partial charge in [-0.1, -0.05) is 23.7 Å². The van der Waals surface area contributed by atoms with E-state index in [2.05, 4.69) is 0 Å². The molecule has 0 amide bonds. The number of halogens is 4. The third kappa shape index (κ3) is 2.04. The fraction of sp³-hybridized carbons (Fsp3) is 0. The molecule has 2 aromatic carbocycles. The minimum absolute atomic E-state index is 0.288. The summed E-state index contributed by atoms with van der Waals surface area (Å²) in [6.07, 6.45) is 0. The lowest BCUT2D eigenvalue weighted by atomic mass is 10.0. The highest BCUT2D eigenvalue weighted by molar-refractivity contribution is 6.30. The molecule has 4 heteroatoms. The van der Waals surface area contributed by atoms with Crippen molar-refractivity contribution in [3.05, 3.63) is 58.9 Å². The van der Waals surface area contributed by atoms with E-state index in [1.54, 1.807) is 6.07 Å². The first-order valence-electron chi connectivity index (χ1n) is 4.40. The van der Waals surface area contributed by atoms with E-state index in [0.717, 1.165) is 0 Å². The second-order valence-corrected chi connectivity index (χ2v) is 3.60. The third-order valence-corrected chi connectivity index (χ3v) is 2.33. The SMILES string of the molecule is Fc1[c]c(F)c(-c2ccc(Cl)cc2)c(F)c1. The summed E-state index contributed by atoms with van der Waals surface area (Å²) in [4.78, 5) is 0. The van der Waals surface area contributed by atoms with Crippen LogP contribution in [0.3, 0.4) is 0 Å². The Kier molecular flexibility index (Phi) is 2.88. The topological polar surface area (TPSA) is 0 Å². The molecule has 0 nitrogen and oxygen atoms in total. The van der Waals surface area contributed by atoms with Crippen LogP contribution in [-0.2, 0) is 0 Å². The molecule has 0 aliphatic heterocycles. The van der Waals surface area contributed by atoms with E-state index in [1.165, 1.54) is 24.3 Å². The fourth-order valence-corrected chi connectivity index (χ4v) is 1.50. The monoisotopic (exact) mass is 241 g/mol. The summed E-state index contributed by atoms with van der Waals surface area (Å²) in [6.45, 7) is 0. The summed E-state index contributed by atoms with van der Waals surface area (Å²) < 4.78 is 39.3. The van der Waals surface area contributed by atoms with Crippen molar-refractivity contribution in [1.29, 1.82) is 0 Å². The second kappa shape index (κ2) is 4.18. The molecule has 16 heavy (non-hydrogen) atoms. The van der Waals surface area contributed by atoms with Gasteiger partial charge in [0.15, 0.2) is 0 Å². The van der Waals surface area contributed by atoms with Gasteiger partial charge < -0.3 is 0 Å². The fourth-order valence-electron chi connectivity index (χ4n) is 1.37. The number of hydrogen-bond acceptors (Lipinski definition) is 0. The van der Waals surface area contributed by atoms with Crippen molar-refractivity contribution in [3.63, 3.8) is 0 Å². The van der Waals surface area contributed by atoms with Crippen molar-refractivity contribution in [2.24, 2.45) is 0 Å². The normalized spacial score (nSPS) is 10.5. The summed E-state index contributed by atoms with van der Waals surface area (Å²) in [5, 5.41) is 0.454. The molecule has 81 valence electrons. The lowest BCUT2D eigenvalue weighted by molar-refractivity contribution is 0.545. The summed E-state index contributed by atoms with van der Waals surface area (Å²) in [5.41, 5.74) is -0.0197. The molecule has 0 spiro atoms. The van der Waals surface area contributed by atoms with Crippen molar-refractivity contribution in [2.45, 2.75) is 0 Å². The largest absolute Gasteiger partial charge is 0.206 e. The maximum atomic E-state index is 13.4. The first-order chi connectivity index (χ1) is 7.58. The standard InChI is InChI=1S/C12H5ClF3/c13-8-3-1-7(2-4-8)12-10(15)5-9(14)6-11(12)16/h1-5H. The van der Waals surface area contributed by atoms with E-state index in [4.69, 9.17) is 11.6 Å². The van der Waals surface area contributed by atoms with Gasteiger partial charge in [0.1, 0.15) is 17.5 Å². The molecule has 0 heterocycles. The minimum atomic E-state index is -1.06. The maximum Gasteiger partial charge on any atom is 0.144 e. The Labute approximate surface area is 95.3 Å². The van der Waals surface area contributed by atoms with Crippen LogP contribution in [0.15, 0.2) is 30.3 Å². The molecule has 2 aromatic rings. The van der Waals surface area contributed by atoms with E-state index < -0.39 is 17.5 Å². The molecule has 0 aliphatic carbocycles. The minimum Gasteiger partial charge on any atom is -0.206 e. The molecular weight excluding hydrogens is 237 g/mol. The zero-order valence-corrected chi connectivity index (χ0v) is 8.65. The zero-order chi connectivity index (χ0) is 11.7. The molecule has 0 atom stereocenters. The smallest absolute Gasteiger partial charge is 0.144 e. The Morgan fingerprint density at radius 2 is 1.62 bits per heavy atom. The van der Waals surface area contributed by atoms with Crippen LogP contribution in [-0.4, -0.2) is 0 Å². The second-order valence-electron chi connectivity index (χ2n) is 3.16. The average molecular weight is 242 g/mol. The van der Waals surface area contributed by atoms with E-state index in [0.29, 0.717) is 11.1 Å². The quantitative estimate of drug-likeness (QED) is 0.701. The molecule has 2 rings (SSSR count). The van der Waals surface area contributed by atoms with Gasteiger partial charge in [0.25, 0.3) is 0 Å². The van der Waals surface area contributed by atoms with Gasteiger partial charge in [0, 0.05) is 11.1 Å². The molecule has 0 N–H and O–H groups in total. The summed E-state index contributed by atoms with van der Waals surface area (Å²) in [7, 11) is 0. The van der Waals surface area contributed by atoms with Gasteiger partial charge in [0.05, 0.1) is 11.6 Å². The van der Waals surface area contributed by atoms with Crippen molar-refractivity contribution in [1.82, 2.24) is 0 Å². The molecule has 0 saturated heterocycles. The Morgan fingerprint density at radius 3 is 2.19 bits per heavy atom.